The molecule has 3 aromatic heterocycles. The molecule has 0 radical (unpaired) electrons. The van der Waals surface area contributed by atoms with Crippen LogP contribution in [0.3, 0.4) is 0 Å². The molecular weight excluding hydrogens is 360 g/mol. The second-order valence-corrected chi connectivity index (χ2v) is 8.25. The molecule has 4 aromatic rings. The molecule has 1 aliphatic heterocycles. The van der Waals surface area contributed by atoms with Crippen molar-refractivity contribution in [2.24, 2.45) is 0 Å². The Morgan fingerprint density at radius 2 is 1.79 bits per heavy atom. The van der Waals surface area contributed by atoms with E-state index in [0.29, 0.717) is 0 Å². The van der Waals surface area contributed by atoms with Gasteiger partial charge in [0.25, 0.3) is 5.91 Å². The Morgan fingerprint density at radius 3 is 2.59 bits per heavy atom. The largest absolute Gasteiger partial charge is 0.346 e. The third-order valence-corrected chi connectivity index (χ3v) is 5.84. The van der Waals surface area contributed by atoms with E-state index in [9.17, 15) is 4.79 Å². The highest BCUT2D eigenvalue weighted by molar-refractivity contribution is 6.02. The van der Waals surface area contributed by atoms with Crippen LogP contribution in [-0.2, 0) is 5.54 Å². The van der Waals surface area contributed by atoms with Gasteiger partial charge in [-0.2, -0.15) is 0 Å². The zero-order valence-electron chi connectivity index (χ0n) is 16.9. The summed E-state index contributed by atoms with van der Waals surface area (Å²) >= 11 is 0. The lowest BCUT2D eigenvalue weighted by molar-refractivity contribution is 0.0940. The summed E-state index contributed by atoms with van der Waals surface area (Å²) in [6.07, 6.45) is 5.72. The topological polar surface area (TPSA) is 70.7 Å². The summed E-state index contributed by atoms with van der Waals surface area (Å²) in [5, 5.41) is 4.10. The predicted molar refractivity (Wildman–Crippen MR) is 115 cm³/mol. The van der Waals surface area contributed by atoms with Crippen molar-refractivity contribution < 1.29 is 4.79 Å². The average molecular weight is 382 g/mol. The van der Waals surface area contributed by atoms with Crippen LogP contribution in [0.15, 0.2) is 48.9 Å². The second kappa shape index (κ2) is 6.01. The fourth-order valence-electron chi connectivity index (χ4n) is 4.35. The molecule has 2 N–H and O–H groups in total. The summed E-state index contributed by atoms with van der Waals surface area (Å²) in [7, 11) is 0. The van der Waals surface area contributed by atoms with Crippen LogP contribution in [0.1, 0.15) is 41.0 Å². The molecule has 0 bridgehead atoms. The van der Waals surface area contributed by atoms with Gasteiger partial charge < -0.3 is 10.3 Å². The van der Waals surface area contributed by atoms with Crippen molar-refractivity contribution >= 4 is 16.9 Å². The number of hydrogen-bond acceptors (Lipinski definition) is 3. The zero-order chi connectivity index (χ0) is 20.3. The van der Waals surface area contributed by atoms with Crippen molar-refractivity contribution in [2.75, 3.05) is 0 Å². The van der Waals surface area contributed by atoms with Gasteiger partial charge in [0, 0.05) is 51.9 Å². The number of hydrogen-bond donors (Lipinski definition) is 2. The quantitative estimate of drug-likeness (QED) is 0.519. The second-order valence-electron chi connectivity index (χ2n) is 8.25. The van der Waals surface area contributed by atoms with Crippen LogP contribution in [0.4, 0.5) is 0 Å². The monoisotopic (exact) mass is 382 g/mol. The first-order valence-corrected chi connectivity index (χ1v) is 9.72. The molecule has 0 atom stereocenters. The van der Waals surface area contributed by atoms with Crippen molar-refractivity contribution in [3.05, 3.63) is 71.3 Å². The van der Waals surface area contributed by atoms with Crippen LogP contribution in [0.5, 0.6) is 0 Å². The van der Waals surface area contributed by atoms with E-state index < -0.39 is 0 Å². The van der Waals surface area contributed by atoms with Gasteiger partial charge >= 0.3 is 0 Å². The van der Waals surface area contributed by atoms with Crippen LogP contribution >= 0.6 is 0 Å². The summed E-state index contributed by atoms with van der Waals surface area (Å²) in [6, 6.07) is 10.2. The van der Waals surface area contributed by atoms with E-state index in [1.807, 2.05) is 57.6 Å². The molecule has 0 aliphatic carbocycles. The lowest BCUT2D eigenvalue weighted by atomic mass is 9.91. The molecule has 4 heterocycles. The van der Waals surface area contributed by atoms with Crippen molar-refractivity contribution in [3.63, 3.8) is 0 Å². The number of rotatable bonds is 2. The summed E-state index contributed by atoms with van der Waals surface area (Å²) in [5.41, 5.74) is 8.74. The first kappa shape index (κ1) is 17.6. The van der Waals surface area contributed by atoms with E-state index in [1.54, 1.807) is 0 Å². The molecule has 0 saturated heterocycles. The Bertz CT molecular complexity index is 1280. The molecule has 144 valence electrons. The van der Waals surface area contributed by atoms with Crippen LogP contribution in [0, 0.1) is 13.8 Å². The first-order chi connectivity index (χ1) is 13.8. The number of aromatic nitrogens is 3. The Balaban J connectivity index is 1.69. The standard InChI is InChI=1S/C24H22N4O/c1-13-7-8-25-14(2)21(13)16-9-18-19(12-27-22(18)26-11-16)15-5-6-17-20(10-15)24(3,4)28-23(17)29/h5-12H,1-4H3,(H,26,27)(H,28,29). The van der Waals surface area contributed by atoms with Gasteiger partial charge in [-0.15, -0.1) is 0 Å². The molecule has 5 rings (SSSR count). The van der Waals surface area contributed by atoms with E-state index >= 15 is 0 Å². The number of amides is 1. The molecule has 1 aromatic carbocycles. The highest BCUT2D eigenvalue weighted by Gasteiger charge is 2.35. The highest BCUT2D eigenvalue weighted by Crippen LogP contribution is 2.37. The smallest absolute Gasteiger partial charge is 0.252 e. The number of aromatic amines is 1. The van der Waals surface area contributed by atoms with Gasteiger partial charge in [-0.1, -0.05) is 6.07 Å². The summed E-state index contributed by atoms with van der Waals surface area (Å²) in [4.78, 5) is 24.6. The molecule has 1 aliphatic rings. The number of fused-ring (bicyclic) bond motifs is 2. The lowest BCUT2D eigenvalue weighted by Gasteiger charge is -2.19. The van der Waals surface area contributed by atoms with Crippen LogP contribution < -0.4 is 5.32 Å². The van der Waals surface area contributed by atoms with E-state index in [2.05, 4.69) is 39.3 Å². The maximum Gasteiger partial charge on any atom is 0.252 e. The van der Waals surface area contributed by atoms with Crippen LogP contribution in [-0.4, -0.2) is 20.9 Å². The van der Waals surface area contributed by atoms with E-state index in [-0.39, 0.29) is 11.4 Å². The highest BCUT2D eigenvalue weighted by atomic mass is 16.2. The van der Waals surface area contributed by atoms with E-state index in [0.717, 1.165) is 50.1 Å². The number of carbonyl (C=O) groups excluding carboxylic acids is 1. The molecule has 5 heteroatoms. The fraction of sp³-hybridized carbons (Fsp3) is 0.208. The summed E-state index contributed by atoms with van der Waals surface area (Å²) in [6.45, 7) is 8.18. The first-order valence-electron chi connectivity index (χ1n) is 9.72. The Labute approximate surface area is 169 Å². The Kier molecular flexibility index (Phi) is 3.65. The van der Waals surface area contributed by atoms with Gasteiger partial charge in [-0.3, -0.25) is 9.78 Å². The number of benzene rings is 1. The third-order valence-electron chi connectivity index (χ3n) is 5.84. The summed E-state index contributed by atoms with van der Waals surface area (Å²) in [5.74, 6) is -0.0121. The zero-order valence-corrected chi connectivity index (χ0v) is 16.9. The minimum atomic E-state index is -0.373. The average Bonchev–Trinajstić information content (AvgIpc) is 3.19. The molecule has 0 spiro atoms. The molecule has 0 unspecified atom stereocenters. The maximum atomic E-state index is 12.2. The molecular formula is C24H22N4O. The number of nitrogens with one attached hydrogen (secondary N) is 2. The lowest BCUT2D eigenvalue weighted by Crippen LogP contribution is -2.32. The number of pyridine rings is 2. The molecule has 1 amide bonds. The molecule has 29 heavy (non-hydrogen) atoms. The van der Waals surface area contributed by atoms with Crippen molar-refractivity contribution in [3.8, 4) is 22.3 Å². The predicted octanol–water partition coefficient (Wildman–Crippen LogP) is 4.89. The van der Waals surface area contributed by atoms with E-state index in [1.165, 1.54) is 5.56 Å². The maximum absolute atomic E-state index is 12.2. The number of H-pyrrole nitrogens is 1. The van der Waals surface area contributed by atoms with Gasteiger partial charge in [0.05, 0.1) is 5.54 Å². The molecule has 0 fully saturated rings. The fourth-order valence-corrected chi connectivity index (χ4v) is 4.35. The van der Waals surface area contributed by atoms with Gasteiger partial charge in [-0.05, 0) is 68.7 Å². The van der Waals surface area contributed by atoms with Crippen molar-refractivity contribution in [1.29, 1.82) is 0 Å². The Hall–Kier alpha value is -3.47. The minimum Gasteiger partial charge on any atom is -0.346 e. The number of aryl methyl sites for hydroxylation is 2. The van der Waals surface area contributed by atoms with E-state index in [4.69, 9.17) is 0 Å². The van der Waals surface area contributed by atoms with Crippen molar-refractivity contribution in [1.82, 2.24) is 20.3 Å². The van der Waals surface area contributed by atoms with Gasteiger partial charge in [0.2, 0.25) is 0 Å². The van der Waals surface area contributed by atoms with Crippen LogP contribution in [0.2, 0.25) is 0 Å². The van der Waals surface area contributed by atoms with Gasteiger partial charge in [0.15, 0.2) is 0 Å². The SMILES string of the molecule is Cc1ccnc(C)c1-c1cnc2[nH]cc(-c3ccc4c(c3)C(C)(C)NC4=O)c2c1. The molecule has 5 nitrogen and oxygen atoms in total. The van der Waals surface area contributed by atoms with Crippen LogP contribution in [0.25, 0.3) is 33.3 Å². The number of nitrogens with zero attached hydrogens (tertiary/aromatic N) is 2. The van der Waals surface area contributed by atoms with Gasteiger partial charge in [0.1, 0.15) is 5.65 Å². The third kappa shape index (κ3) is 2.65. The normalized spacial score (nSPS) is 14.8. The Morgan fingerprint density at radius 1 is 0.966 bits per heavy atom. The minimum absolute atomic E-state index is 0.0121. The van der Waals surface area contributed by atoms with Crippen molar-refractivity contribution in [2.45, 2.75) is 33.2 Å². The number of carbonyl (C=O) groups is 1. The summed E-state index contributed by atoms with van der Waals surface area (Å²) < 4.78 is 0. The molecule has 0 saturated carbocycles. The van der Waals surface area contributed by atoms with Gasteiger partial charge in [-0.25, -0.2) is 4.98 Å².